The van der Waals surface area contributed by atoms with E-state index in [9.17, 15) is 0 Å². The van der Waals surface area contributed by atoms with Gasteiger partial charge in [-0.15, -0.1) is 0 Å². The van der Waals surface area contributed by atoms with Gasteiger partial charge < -0.3 is 5.73 Å². The molecule has 0 amide bonds. The van der Waals surface area contributed by atoms with Gasteiger partial charge in [-0.2, -0.15) is 5.10 Å². The molecule has 0 aliphatic rings. The van der Waals surface area contributed by atoms with Crippen LogP contribution in [0, 0.1) is 19.3 Å². The van der Waals surface area contributed by atoms with Crippen molar-refractivity contribution in [1.29, 1.82) is 5.41 Å². The van der Waals surface area contributed by atoms with Crippen molar-refractivity contribution < 1.29 is 0 Å². The molecule has 6 heteroatoms. The van der Waals surface area contributed by atoms with Gasteiger partial charge in [0.25, 0.3) is 0 Å². The maximum Gasteiger partial charge on any atom is 0.126 e. The molecule has 3 N–H and O–H groups in total. The zero-order valence-electron chi connectivity index (χ0n) is 9.96. The van der Waals surface area contributed by atoms with E-state index >= 15 is 0 Å². The van der Waals surface area contributed by atoms with E-state index in [0.717, 1.165) is 26.0 Å². The Balaban J connectivity index is 2.75. The number of hydrogen-bond donors (Lipinski definition) is 2. The summed E-state index contributed by atoms with van der Waals surface area (Å²) in [4.78, 5) is 0. The van der Waals surface area contributed by atoms with Crippen molar-refractivity contribution in [2.75, 3.05) is 0 Å². The molecule has 94 valence electrons. The van der Waals surface area contributed by atoms with Gasteiger partial charge in [-0.1, -0.05) is 6.07 Å². The Morgan fingerprint density at radius 3 is 2.50 bits per heavy atom. The fourth-order valence-corrected chi connectivity index (χ4v) is 2.63. The quantitative estimate of drug-likeness (QED) is 0.628. The fourth-order valence-electron chi connectivity index (χ4n) is 1.81. The summed E-state index contributed by atoms with van der Waals surface area (Å²) in [5, 5.41) is 12.2. The second-order valence-electron chi connectivity index (χ2n) is 3.94. The SMILES string of the molecule is Cc1nn(-c2cccc(Br)c2C(=N)N)c(C)c1Br. The van der Waals surface area contributed by atoms with Gasteiger partial charge in [0.1, 0.15) is 5.84 Å². The lowest BCUT2D eigenvalue weighted by molar-refractivity contribution is 0.830. The number of nitrogens with zero attached hydrogens (tertiary/aromatic N) is 2. The topological polar surface area (TPSA) is 67.7 Å². The third kappa shape index (κ3) is 2.10. The second kappa shape index (κ2) is 4.85. The Bertz CT molecular complexity index is 631. The predicted octanol–water partition coefficient (Wildman–Crippen LogP) is 3.30. The Morgan fingerprint density at radius 2 is 2.00 bits per heavy atom. The average Bonchev–Trinajstić information content (AvgIpc) is 2.56. The molecule has 0 bridgehead atoms. The molecule has 0 atom stereocenters. The highest BCUT2D eigenvalue weighted by molar-refractivity contribution is 9.10. The number of hydrogen-bond acceptors (Lipinski definition) is 2. The third-order valence-electron chi connectivity index (χ3n) is 2.69. The number of nitrogens with one attached hydrogen (secondary N) is 1. The highest BCUT2D eigenvalue weighted by Crippen LogP contribution is 2.27. The van der Waals surface area contributed by atoms with E-state index in [0.29, 0.717) is 5.56 Å². The molecule has 0 radical (unpaired) electrons. The number of rotatable bonds is 2. The van der Waals surface area contributed by atoms with Crippen molar-refractivity contribution in [3.05, 3.63) is 44.1 Å². The highest BCUT2D eigenvalue weighted by atomic mass is 79.9. The number of benzene rings is 1. The third-order valence-corrected chi connectivity index (χ3v) is 4.50. The first kappa shape index (κ1) is 13.3. The van der Waals surface area contributed by atoms with Crippen LogP contribution in [0.25, 0.3) is 5.69 Å². The molecule has 2 aromatic rings. The van der Waals surface area contributed by atoms with Crippen LogP contribution < -0.4 is 5.73 Å². The lowest BCUT2D eigenvalue weighted by atomic mass is 10.1. The molecule has 1 aromatic heterocycles. The predicted molar refractivity (Wildman–Crippen MR) is 79.5 cm³/mol. The molecule has 2 rings (SSSR count). The molecule has 0 saturated carbocycles. The largest absolute Gasteiger partial charge is 0.384 e. The zero-order chi connectivity index (χ0) is 13.4. The maximum atomic E-state index is 7.69. The number of nitrogen functional groups attached to an aromatic ring is 1. The van der Waals surface area contributed by atoms with Crippen LogP contribution in [0.5, 0.6) is 0 Å². The lowest BCUT2D eigenvalue weighted by Gasteiger charge is -2.11. The van der Waals surface area contributed by atoms with Crippen LogP contribution in [-0.2, 0) is 0 Å². The summed E-state index contributed by atoms with van der Waals surface area (Å²) in [6.07, 6.45) is 0. The van der Waals surface area contributed by atoms with Crippen molar-refractivity contribution in [2.45, 2.75) is 13.8 Å². The van der Waals surface area contributed by atoms with E-state index in [2.05, 4.69) is 37.0 Å². The van der Waals surface area contributed by atoms with E-state index in [1.807, 2.05) is 32.0 Å². The van der Waals surface area contributed by atoms with Gasteiger partial charge >= 0.3 is 0 Å². The molecular formula is C12H12Br2N4. The van der Waals surface area contributed by atoms with Crippen LogP contribution in [-0.4, -0.2) is 15.6 Å². The molecular weight excluding hydrogens is 360 g/mol. The van der Waals surface area contributed by atoms with Crippen LogP contribution in [0.1, 0.15) is 17.0 Å². The van der Waals surface area contributed by atoms with Crippen LogP contribution in [0.4, 0.5) is 0 Å². The van der Waals surface area contributed by atoms with Crippen LogP contribution in [0.15, 0.2) is 27.1 Å². The summed E-state index contributed by atoms with van der Waals surface area (Å²) in [5.41, 5.74) is 8.98. The molecule has 0 aliphatic carbocycles. The standard InChI is InChI=1S/C12H12Br2N4/c1-6-11(14)7(2)18(17-6)9-5-3-4-8(13)10(9)12(15)16/h3-5H,1-2H3,(H3,15,16). The van der Waals surface area contributed by atoms with Crippen molar-refractivity contribution >= 4 is 37.7 Å². The molecule has 18 heavy (non-hydrogen) atoms. The average molecular weight is 372 g/mol. The Morgan fingerprint density at radius 1 is 1.33 bits per heavy atom. The number of aromatic nitrogens is 2. The lowest BCUT2D eigenvalue weighted by Crippen LogP contribution is -2.16. The summed E-state index contributed by atoms with van der Waals surface area (Å²) >= 11 is 6.92. The molecule has 0 spiro atoms. The maximum absolute atomic E-state index is 7.69. The van der Waals surface area contributed by atoms with Gasteiger partial charge in [0.2, 0.25) is 0 Å². The first-order valence-electron chi connectivity index (χ1n) is 5.28. The van der Waals surface area contributed by atoms with Crippen LogP contribution >= 0.6 is 31.9 Å². The first-order chi connectivity index (χ1) is 8.43. The molecule has 4 nitrogen and oxygen atoms in total. The van der Waals surface area contributed by atoms with Crippen molar-refractivity contribution in [3.63, 3.8) is 0 Å². The van der Waals surface area contributed by atoms with Gasteiger partial charge in [0, 0.05) is 4.47 Å². The van der Waals surface area contributed by atoms with Gasteiger partial charge in [0.15, 0.2) is 0 Å². The van der Waals surface area contributed by atoms with Crippen molar-refractivity contribution in [1.82, 2.24) is 9.78 Å². The second-order valence-corrected chi connectivity index (χ2v) is 5.59. The zero-order valence-corrected chi connectivity index (χ0v) is 13.1. The molecule has 1 aromatic carbocycles. The smallest absolute Gasteiger partial charge is 0.126 e. The molecule has 0 fully saturated rings. The molecule has 0 saturated heterocycles. The summed E-state index contributed by atoms with van der Waals surface area (Å²) < 4.78 is 3.55. The van der Waals surface area contributed by atoms with Gasteiger partial charge in [-0.3, -0.25) is 5.41 Å². The number of aryl methyl sites for hydroxylation is 1. The van der Waals surface area contributed by atoms with Crippen LogP contribution in [0.2, 0.25) is 0 Å². The van der Waals surface area contributed by atoms with Crippen molar-refractivity contribution in [3.8, 4) is 5.69 Å². The normalized spacial score (nSPS) is 10.7. The van der Waals surface area contributed by atoms with E-state index in [1.54, 1.807) is 4.68 Å². The summed E-state index contributed by atoms with van der Waals surface area (Å²) in [7, 11) is 0. The number of halogens is 2. The minimum atomic E-state index is 0.0150. The van der Waals surface area contributed by atoms with Crippen molar-refractivity contribution in [2.24, 2.45) is 5.73 Å². The first-order valence-corrected chi connectivity index (χ1v) is 6.87. The number of amidine groups is 1. The van der Waals surface area contributed by atoms with Gasteiger partial charge in [-0.05, 0) is 57.8 Å². The highest BCUT2D eigenvalue weighted by Gasteiger charge is 2.16. The minimum absolute atomic E-state index is 0.0150. The van der Waals surface area contributed by atoms with E-state index < -0.39 is 0 Å². The number of nitrogens with two attached hydrogens (primary N) is 1. The van der Waals surface area contributed by atoms with E-state index in [1.165, 1.54) is 0 Å². The fraction of sp³-hybridized carbons (Fsp3) is 0.167. The van der Waals surface area contributed by atoms with Gasteiger partial charge in [-0.25, -0.2) is 4.68 Å². The molecule has 0 aliphatic heterocycles. The summed E-state index contributed by atoms with van der Waals surface area (Å²) in [6.45, 7) is 3.90. The van der Waals surface area contributed by atoms with E-state index in [4.69, 9.17) is 11.1 Å². The Labute approximate surface area is 122 Å². The van der Waals surface area contributed by atoms with E-state index in [-0.39, 0.29) is 5.84 Å². The Hall–Kier alpha value is -1.14. The minimum Gasteiger partial charge on any atom is -0.384 e. The van der Waals surface area contributed by atoms with Crippen LogP contribution in [0.3, 0.4) is 0 Å². The molecule has 1 heterocycles. The Kier molecular flexibility index (Phi) is 3.59. The summed E-state index contributed by atoms with van der Waals surface area (Å²) in [6, 6.07) is 5.66. The monoisotopic (exact) mass is 370 g/mol. The van der Waals surface area contributed by atoms with Gasteiger partial charge in [0.05, 0.1) is 27.1 Å². The summed E-state index contributed by atoms with van der Waals surface area (Å²) in [5.74, 6) is 0.0150. The molecule has 0 unspecified atom stereocenters.